The second-order valence-electron chi connectivity index (χ2n) is 3.15. The van der Waals surface area contributed by atoms with E-state index in [-0.39, 0.29) is 13.2 Å². The van der Waals surface area contributed by atoms with E-state index in [9.17, 15) is 9.59 Å². The highest BCUT2D eigenvalue weighted by atomic mass is 16.5. The third kappa shape index (κ3) is 4.56. The number of carbonyl (C=O) groups excluding carboxylic acids is 2. The minimum absolute atomic E-state index is 0.142. The Morgan fingerprint density at radius 1 is 1.44 bits per heavy atom. The Hall–Kier alpha value is -1.88. The highest BCUT2D eigenvalue weighted by molar-refractivity contribution is 5.68. The van der Waals surface area contributed by atoms with Gasteiger partial charge in [-0.1, -0.05) is 30.3 Å². The van der Waals surface area contributed by atoms with Crippen molar-refractivity contribution in [1.82, 2.24) is 5.32 Å². The molecule has 0 radical (unpaired) electrons. The Kier molecular flexibility index (Phi) is 5.01. The van der Waals surface area contributed by atoms with Crippen LogP contribution in [-0.2, 0) is 16.1 Å². The first-order chi connectivity index (χ1) is 7.72. The summed E-state index contributed by atoms with van der Waals surface area (Å²) < 4.78 is 4.85. The normalized spacial score (nSPS) is 11.6. The van der Waals surface area contributed by atoms with E-state index in [1.54, 1.807) is 0 Å². The quantitative estimate of drug-likeness (QED) is 0.711. The number of hydrogen-bond donors (Lipinski definition) is 2. The molecule has 5 nitrogen and oxygen atoms in total. The molecule has 0 saturated heterocycles. The van der Waals surface area contributed by atoms with E-state index in [0.29, 0.717) is 6.29 Å². The van der Waals surface area contributed by atoms with Crippen LogP contribution >= 0.6 is 0 Å². The molecule has 0 aliphatic carbocycles. The minimum Gasteiger partial charge on any atom is -0.445 e. The van der Waals surface area contributed by atoms with Gasteiger partial charge in [-0.3, -0.25) is 0 Å². The number of hydrogen-bond acceptors (Lipinski definition) is 4. The van der Waals surface area contributed by atoms with Crippen LogP contribution in [0, 0.1) is 0 Å². The molecular formula is C11H13NO4. The van der Waals surface area contributed by atoms with Crippen molar-refractivity contribution in [3.05, 3.63) is 35.9 Å². The molecule has 1 aromatic carbocycles. The van der Waals surface area contributed by atoms with Gasteiger partial charge in [0.1, 0.15) is 19.0 Å². The lowest BCUT2D eigenvalue weighted by Crippen LogP contribution is -2.33. The van der Waals surface area contributed by atoms with Crippen molar-refractivity contribution in [2.75, 3.05) is 6.54 Å². The molecule has 0 aromatic heterocycles. The van der Waals surface area contributed by atoms with Gasteiger partial charge in [-0.15, -0.1) is 0 Å². The summed E-state index contributed by atoms with van der Waals surface area (Å²) in [7, 11) is 0. The molecule has 0 spiro atoms. The van der Waals surface area contributed by atoms with E-state index in [0.717, 1.165) is 5.56 Å². The van der Waals surface area contributed by atoms with E-state index in [1.807, 2.05) is 30.3 Å². The maximum Gasteiger partial charge on any atom is 0.407 e. The number of rotatable bonds is 5. The number of alkyl carbamates (subject to hydrolysis) is 1. The van der Waals surface area contributed by atoms with Crippen LogP contribution < -0.4 is 5.32 Å². The highest BCUT2D eigenvalue weighted by Crippen LogP contribution is 2.00. The molecule has 0 aliphatic heterocycles. The monoisotopic (exact) mass is 223 g/mol. The third-order valence-electron chi connectivity index (χ3n) is 1.83. The van der Waals surface area contributed by atoms with Crippen molar-refractivity contribution < 1.29 is 19.4 Å². The van der Waals surface area contributed by atoms with Crippen LogP contribution in [0.25, 0.3) is 0 Å². The number of aliphatic hydroxyl groups is 1. The van der Waals surface area contributed by atoms with Crippen molar-refractivity contribution in [1.29, 1.82) is 0 Å². The van der Waals surface area contributed by atoms with Crippen LogP contribution in [0.3, 0.4) is 0 Å². The maximum absolute atomic E-state index is 11.1. The summed E-state index contributed by atoms with van der Waals surface area (Å²) in [5.41, 5.74) is 0.869. The number of ether oxygens (including phenoxy) is 1. The summed E-state index contributed by atoms with van der Waals surface area (Å²) in [5.74, 6) is 0. The first-order valence-electron chi connectivity index (χ1n) is 4.80. The Balaban J connectivity index is 2.23. The Bertz CT molecular complexity index is 339. The Morgan fingerprint density at radius 3 is 2.75 bits per heavy atom. The molecule has 1 aromatic rings. The van der Waals surface area contributed by atoms with Crippen molar-refractivity contribution in [2.24, 2.45) is 0 Å². The summed E-state index contributed by atoms with van der Waals surface area (Å²) in [4.78, 5) is 21.1. The van der Waals surface area contributed by atoms with E-state index >= 15 is 0 Å². The lowest BCUT2D eigenvalue weighted by molar-refractivity contribution is -0.114. The lowest BCUT2D eigenvalue weighted by atomic mass is 10.2. The summed E-state index contributed by atoms with van der Waals surface area (Å²) in [6, 6.07) is 9.20. The zero-order valence-electron chi connectivity index (χ0n) is 8.63. The summed E-state index contributed by atoms with van der Waals surface area (Å²) in [5, 5.41) is 11.1. The topological polar surface area (TPSA) is 75.6 Å². The number of aliphatic hydroxyl groups excluding tert-OH is 1. The SMILES string of the molecule is O=CC(O)CNC(=O)OCc1ccccc1. The first-order valence-corrected chi connectivity index (χ1v) is 4.80. The van der Waals surface area contributed by atoms with E-state index < -0.39 is 12.2 Å². The molecule has 2 N–H and O–H groups in total. The van der Waals surface area contributed by atoms with E-state index in [1.165, 1.54) is 0 Å². The van der Waals surface area contributed by atoms with Gasteiger partial charge in [0.25, 0.3) is 0 Å². The van der Waals surface area contributed by atoms with Crippen LogP contribution in [0.5, 0.6) is 0 Å². The molecule has 86 valence electrons. The number of nitrogens with one attached hydrogen (secondary N) is 1. The fourth-order valence-corrected chi connectivity index (χ4v) is 1.01. The van der Waals surface area contributed by atoms with Crippen molar-refractivity contribution >= 4 is 12.4 Å². The van der Waals surface area contributed by atoms with Gasteiger partial charge in [-0.2, -0.15) is 0 Å². The maximum atomic E-state index is 11.1. The van der Waals surface area contributed by atoms with Crippen molar-refractivity contribution in [3.8, 4) is 0 Å². The first kappa shape index (κ1) is 12.2. The molecular weight excluding hydrogens is 210 g/mol. The standard InChI is InChI=1S/C11H13NO4/c13-7-10(14)6-12-11(15)16-8-9-4-2-1-3-5-9/h1-5,7,10,14H,6,8H2,(H,12,15). The number of benzene rings is 1. The highest BCUT2D eigenvalue weighted by Gasteiger charge is 2.06. The van der Waals surface area contributed by atoms with Crippen LogP contribution in [0.2, 0.25) is 0 Å². The molecule has 0 heterocycles. The number of carbonyl (C=O) groups is 2. The predicted molar refractivity (Wildman–Crippen MR) is 56.7 cm³/mol. The van der Waals surface area contributed by atoms with Gasteiger partial charge in [0.15, 0.2) is 0 Å². The summed E-state index contributed by atoms with van der Waals surface area (Å²) >= 11 is 0. The van der Waals surface area contributed by atoms with Crippen LogP contribution in [-0.4, -0.2) is 30.1 Å². The molecule has 0 aliphatic rings. The average molecular weight is 223 g/mol. The zero-order valence-corrected chi connectivity index (χ0v) is 8.63. The molecule has 5 heteroatoms. The molecule has 0 fully saturated rings. The Labute approximate surface area is 93.0 Å². The molecule has 1 amide bonds. The molecule has 16 heavy (non-hydrogen) atoms. The summed E-state index contributed by atoms with van der Waals surface area (Å²) in [6.07, 6.45) is -1.51. The second-order valence-corrected chi connectivity index (χ2v) is 3.15. The number of amides is 1. The molecule has 1 unspecified atom stereocenters. The van der Waals surface area contributed by atoms with E-state index in [2.05, 4.69) is 5.32 Å². The van der Waals surface area contributed by atoms with Crippen LogP contribution in [0.4, 0.5) is 4.79 Å². The third-order valence-corrected chi connectivity index (χ3v) is 1.83. The Morgan fingerprint density at radius 2 is 2.12 bits per heavy atom. The van der Waals surface area contributed by atoms with E-state index in [4.69, 9.17) is 9.84 Å². The largest absolute Gasteiger partial charge is 0.445 e. The van der Waals surface area contributed by atoms with Crippen LogP contribution in [0.1, 0.15) is 5.56 Å². The van der Waals surface area contributed by atoms with Gasteiger partial charge in [0, 0.05) is 0 Å². The molecule has 1 rings (SSSR count). The van der Waals surface area contributed by atoms with Gasteiger partial charge in [0.2, 0.25) is 0 Å². The smallest absolute Gasteiger partial charge is 0.407 e. The van der Waals surface area contributed by atoms with Gasteiger partial charge in [-0.05, 0) is 5.56 Å². The van der Waals surface area contributed by atoms with Gasteiger partial charge in [-0.25, -0.2) is 4.79 Å². The lowest BCUT2D eigenvalue weighted by Gasteiger charge is -2.07. The van der Waals surface area contributed by atoms with Crippen molar-refractivity contribution in [2.45, 2.75) is 12.7 Å². The van der Waals surface area contributed by atoms with Gasteiger partial charge in [0.05, 0.1) is 6.54 Å². The predicted octanol–water partition coefficient (Wildman–Crippen LogP) is 0.473. The number of aldehydes is 1. The van der Waals surface area contributed by atoms with Gasteiger partial charge < -0.3 is 20.0 Å². The summed E-state index contributed by atoms with van der Waals surface area (Å²) in [6.45, 7) is 0.0149. The fraction of sp³-hybridized carbons (Fsp3) is 0.273. The van der Waals surface area contributed by atoms with Gasteiger partial charge >= 0.3 is 6.09 Å². The molecule has 0 bridgehead atoms. The van der Waals surface area contributed by atoms with Crippen LogP contribution in [0.15, 0.2) is 30.3 Å². The second kappa shape index (κ2) is 6.58. The fourth-order valence-electron chi connectivity index (χ4n) is 1.01. The minimum atomic E-state index is -1.19. The molecule has 0 saturated carbocycles. The van der Waals surface area contributed by atoms with Crippen molar-refractivity contribution in [3.63, 3.8) is 0 Å². The average Bonchev–Trinajstić information content (AvgIpc) is 2.34. The molecule has 1 atom stereocenters. The zero-order chi connectivity index (χ0) is 11.8.